The molecule has 1 aliphatic heterocycles. The van der Waals surface area contributed by atoms with Gasteiger partial charge in [0.15, 0.2) is 0 Å². The molecule has 104 valence electrons. The van der Waals surface area contributed by atoms with Crippen molar-refractivity contribution in [2.24, 2.45) is 0 Å². The lowest BCUT2D eigenvalue weighted by Gasteiger charge is -2.23. The highest BCUT2D eigenvalue weighted by atomic mass is 35.5. The Kier molecular flexibility index (Phi) is 5.09. The number of nitro benzene ring substituents is 1. The van der Waals surface area contributed by atoms with Gasteiger partial charge in [0, 0.05) is 30.2 Å². The third-order valence-corrected chi connectivity index (χ3v) is 3.18. The lowest BCUT2D eigenvalue weighted by molar-refractivity contribution is -0.384. The molecule has 2 rings (SSSR count). The molecule has 0 radical (unpaired) electrons. The first-order valence-electron chi connectivity index (χ1n) is 5.99. The molecule has 7 heteroatoms. The van der Waals surface area contributed by atoms with Crippen LogP contribution in [0.2, 0.25) is 5.02 Å². The van der Waals surface area contributed by atoms with Gasteiger partial charge in [-0.15, -0.1) is 0 Å². The minimum absolute atomic E-state index is 0.0197. The summed E-state index contributed by atoms with van der Waals surface area (Å²) in [5, 5.41) is 14.4. The van der Waals surface area contributed by atoms with Crippen LogP contribution < -0.4 is 5.32 Å². The van der Waals surface area contributed by atoms with E-state index in [2.05, 4.69) is 5.32 Å². The third-order valence-electron chi connectivity index (χ3n) is 2.81. The number of nitro groups is 1. The molecule has 1 saturated heterocycles. The van der Waals surface area contributed by atoms with Gasteiger partial charge in [0.25, 0.3) is 5.69 Å². The molecule has 1 aromatic rings. The Morgan fingerprint density at radius 2 is 2.32 bits per heavy atom. The van der Waals surface area contributed by atoms with Gasteiger partial charge in [0.05, 0.1) is 30.8 Å². The van der Waals surface area contributed by atoms with Crippen LogP contribution in [0.3, 0.4) is 0 Å². The van der Waals surface area contributed by atoms with Crippen molar-refractivity contribution in [1.29, 1.82) is 0 Å². The summed E-state index contributed by atoms with van der Waals surface area (Å²) in [5.41, 5.74) is 0.742. The Bertz CT molecular complexity index is 449. The van der Waals surface area contributed by atoms with E-state index in [-0.39, 0.29) is 11.8 Å². The molecule has 1 atom stereocenters. The number of hydrogen-bond acceptors (Lipinski definition) is 5. The van der Waals surface area contributed by atoms with Crippen LogP contribution in [-0.4, -0.2) is 37.4 Å². The molecule has 0 aromatic heterocycles. The second-order valence-electron chi connectivity index (χ2n) is 4.23. The molecule has 0 bridgehead atoms. The van der Waals surface area contributed by atoms with Gasteiger partial charge in [-0.1, -0.05) is 11.6 Å². The Hall–Kier alpha value is -1.21. The normalized spacial score (nSPS) is 19.3. The fourth-order valence-corrected chi connectivity index (χ4v) is 2.02. The minimum Gasteiger partial charge on any atom is -0.376 e. The lowest BCUT2D eigenvalue weighted by Crippen LogP contribution is -2.37. The van der Waals surface area contributed by atoms with E-state index in [4.69, 9.17) is 21.1 Å². The summed E-state index contributed by atoms with van der Waals surface area (Å²) in [6.07, 6.45) is 0.0197. The van der Waals surface area contributed by atoms with Gasteiger partial charge in [-0.2, -0.15) is 0 Å². The average molecular weight is 287 g/mol. The average Bonchev–Trinajstić information content (AvgIpc) is 2.42. The summed E-state index contributed by atoms with van der Waals surface area (Å²) in [7, 11) is 0. The van der Waals surface area contributed by atoms with Crippen LogP contribution >= 0.6 is 11.6 Å². The van der Waals surface area contributed by atoms with Gasteiger partial charge >= 0.3 is 0 Å². The molecule has 1 fully saturated rings. The van der Waals surface area contributed by atoms with Crippen molar-refractivity contribution in [2.45, 2.75) is 12.6 Å². The molecule has 0 spiro atoms. The first-order valence-corrected chi connectivity index (χ1v) is 6.37. The fourth-order valence-electron chi connectivity index (χ4n) is 1.83. The number of nitrogens with zero attached hydrogens (tertiary/aromatic N) is 1. The van der Waals surface area contributed by atoms with E-state index in [0.717, 1.165) is 0 Å². The maximum absolute atomic E-state index is 10.7. The van der Waals surface area contributed by atoms with E-state index in [1.165, 1.54) is 18.2 Å². The predicted molar refractivity (Wildman–Crippen MR) is 70.4 cm³/mol. The van der Waals surface area contributed by atoms with Crippen molar-refractivity contribution in [3.05, 3.63) is 38.9 Å². The van der Waals surface area contributed by atoms with Crippen molar-refractivity contribution in [1.82, 2.24) is 5.32 Å². The molecule has 6 nitrogen and oxygen atoms in total. The molecular formula is C12H15ClN2O4. The number of ether oxygens (including phenoxy) is 2. The zero-order chi connectivity index (χ0) is 13.7. The van der Waals surface area contributed by atoms with Crippen LogP contribution in [0.1, 0.15) is 5.56 Å². The molecule has 19 heavy (non-hydrogen) atoms. The maximum Gasteiger partial charge on any atom is 0.269 e. The minimum atomic E-state index is -0.433. The molecule has 0 amide bonds. The van der Waals surface area contributed by atoms with E-state index in [0.29, 0.717) is 43.5 Å². The highest BCUT2D eigenvalue weighted by molar-refractivity contribution is 6.31. The lowest BCUT2D eigenvalue weighted by atomic mass is 10.2. The van der Waals surface area contributed by atoms with Crippen molar-refractivity contribution in [3.63, 3.8) is 0 Å². The molecular weight excluding hydrogens is 272 g/mol. The monoisotopic (exact) mass is 286 g/mol. The zero-order valence-electron chi connectivity index (χ0n) is 10.3. The first-order chi connectivity index (χ1) is 9.16. The van der Waals surface area contributed by atoms with E-state index in [9.17, 15) is 10.1 Å². The van der Waals surface area contributed by atoms with E-state index in [1.54, 1.807) is 0 Å². The van der Waals surface area contributed by atoms with Gasteiger partial charge in [0.1, 0.15) is 0 Å². The number of rotatable bonds is 5. The number of halogens is 1. The number of hydrogen-bond donors (Lipinski definition) is 1. The first kappa shape index (κ1) is 14.2. The largest absolute Gasteiger partial charge is 0.376 e. The third kappa shape index (κ3) is 4.14. The van der Waals surface area contributed by atoms with Gasteiger partial charge in [0.2, 0.25) is 0 Å². The predicted octanol–water partition coefficient (Wildman–Crippen LogP) is 1.75. The Morgan fingerprint density at radius 1 is 1.47 bits per heavy atom. The van der Waals surface area contributed by atoms with Crippen LogP contribution in [-0.2, 0) is 16.0 Å². The fraction of sp³-hybridized carbons (Fsp3) is 0.500. The van der Waals surface area contributed by atoms with Gasteiger partial charge in [-0.3, -0.25) is 10.1 Å². The zero-order valence-corrected chi connectivity index (χ0v) is 11.1. The summed E-state index contributed by atoms with van der Waals surface area (Å²) in [6, 6.07) is 4.41. The molecule has 1 unspecified atom stereocenters. The molecule has 1 N–H and O–H groups in total. The van der Waals surface area contributed by atoms with Gasteiger partial charge in [-0.05, 0) is 11.6 Å². The topological polar surface area (TPSA) is 73.6 Å². The van der Waals surface area contributed by atoms with Crippen LogP contribution in [0.15, 0.2) is 18.2 Å². The van der Waals surface area contributed by atoms with Crippen LogP contribution in [0.4, 0.5) is 5.69 Å². The van der Waals surface area contributed by atoms with E-state index in [1.807, 2.05) is 0 Å². The van der Waals surface area contributed by atoms with Gasteiger partial charge in [-0.25, -0.2) is 0 Å². The van der Waals surface area contributed by atoms with E-state index >= 15 is 0 Å². The summed E-state index contributed by atoms with van der Waals surface area (Å²) in [6.45, 7) is 2.88. The molecule has 1 aromatic carbocycles. The van der Waals surface area contributed by atoms with Crippen molar-refractivity contribution < 1.29 is 14.4 Å². The Balaban J connectivity index is 1.87. The summed E-state index contributed by atoms with van der Waals surface area (Å²) < 4.78 is 10.8. The standard InChI is InChI=1S/C12H15ClN2O4/c13-12-2-1-10(15(16)17)5-9(12)6-14-7-11-8-18-3-4-19-11/h1-2,5,11,14H,3-4,6-8H2. The Labute approximate surface area is 115 Å². The SMILES string of the molecule is O=[N+]([O-])c1ccc(Cl)c(CNCC2COCCO2)c1. The van der Waals surface area contributed by atoms with Gasteiger partial charge < -0.3 is 14.8 Å². The second kappa shape index (κ2) is 6.81. The number of benzene rings is 1. The second-order valence-corrected chi connectivity index (χ2v) is 4.64. The van der Waals surface area contributed by atoms with Crippen LogP contribution in [0.5, 0.6) is 0 Å². The summed E-state index contributed by atoms with van der Waals surface area (Å²) >= 11 is 6.00. The molecule has 1 aliphatic rings. The summed E-state index contributed by atoms with van der Waals surface area (Å²) in [5.74, 6) is 0. The molecule has 0 aliphatic carbocycles. The number of non-ortho nitro benzene ring substituents is 1. The van der Waals surface area contributed by atoms with Crippen molar-refractivity contribution in [2.75, 3.05) is 26.4 Å². The Morgan fingerprint density at radius 3 is 3.00 bits per heavy atom. The van der Waals surface area contributed by atoms with Crippen molar-refractivity contribution in [3.8, 4) is 0 Å². The highest BCUT2D eigenvalue weighted by Crippen LogP contribution is 2.21. The van der Waals surface area contributed by atoms with Crippen molar-refractivity contribution >= 4 is 17.3 Å². The van der Waals surface area contributed by atoms with E-state index < -0.39 is 4.92 Å². The van der Waals surface area contributed by atoms with Crippen LogP contribution in [0.25, 0.3) is 0 Å². The van der Waals surface area contributed by atoms with Crippen LogP contribution in [0, 0.1) is 10.1 Å². The number of nitrogens with one attached hydrogen (secondary N) is 1. The highest BCUT2D eigenvalue weighted by Gasteiger charge is 2.14. The molecule has 0 saturated carbocycles. The summed E-state index contributed by atoms with van der Waals surface area (Å²) in [4.78, 5) is 10.3. The smallest absolute Gasteiger partial charge is 0.269 e. The molecule has 1 heterocycles. The maximum atomic E-state index is 10.7. The quantitative estimate of drug-likeness (QED) is 0.659.